The molecule has 1 aliphatic carbocycles. The molecular formula is C22H19N2O4+. The van der Waals surface area contributed by atoms with Crippen LogP contribution in [0.1, 0.15) is 37.6 Å². The van der Waals surface area contributed by atoms with Crippen LogP contribution in [0, 0.1) is 0 Å². The zero-order valence-corrected chi connectivity index (χ0v) is 15.3. The molecule has 6 heteroatoms. The fourth-order valence-corrected chi connectivity index (χ4v) is 3.49. The van der Waals surface area contributed by atoms with Crippen LogP contribution < -0.4 is 10.2 Å². The molecule has 1 atom stereocenters. The molecule has 0 bridgehead atoms. The van der Waals surface area contributed by atoms with Crippen LogP contribution in [0.5, 0.6) is 0 Å². The standard InChI is InChI=1S/C22H18N2O4/c1-24(12-14-6-5-11-28-14)13-19(25)23-18-10-4-9-17-20(18)22(27)16-8-3-2-7-15(16)21(17)26/h2-11H,12-13H2,1H3,(H,23,25)/p+1. The molecule has 0 aliphatic heterocycles. The Bertz CT molecular complexity index is 1070. The Kier molecular flexibility index (Phi) is 4.63. The Morgan fingerprint density at radius 3 is 2.36 bits per heavy atom. The number of likely N-dealkylation sites (N-methyl/N-ethyl adjacent to an activating group) is 1. The number of nitrogens with one attached hydrogen (secondary N) is 2. The van der Waals surface area contributed by atoms with Gasteiger partial charge in [-0.05, 0) is 18.2 Å². The SMILES string of the molecule is C[NH+](CC(=O)Nc1cccc2c1C(=O)c1ccccc1C2=O)Cc1ccco1. The predicted molar refractivity (Wildman–Crippen MR) is 103 cm³/mol. The summed E-state index contributed by atoms with van der Waals surface area (Å²) in [5, 5.41) is 2.80. The smallest absolute Gasteiger partial charge is 0.279 e. The first-order valence-electron chi connectivity index (χ1n) is 8.99. The van der Waals surface area contributed by atoms with Crippen LogP contribution in [-0.4, -0.2) is 31.1 Å². The minimum absolute atomic E-state index is 0.198. The monoisotopic (exact) mass is 375 g/mol. The minimum atomic E-state index is -0.252. The number of anilines is 1. The van der Waals surface area contributed by atoms with Crippen molar-refractivity contribution in [3.05, 3.63) is 88.9 Å². The second-order valence-corrected chi connectivity index (χ2v) is 6.87. The molecule has 2 N–H and O–H groups in total. The van der Waals surface area contributed by atoms with E-state index in [-0.39, 0.29) is 29.6 Å². The van der Waals surface area contributed by atoms with Gasteiger partial charge in [-0.2, -0.15) is 0 Å². The van der Waals surface area contributed by atoms with Gasteiger partial charge in [0.25, 0.3) is 5.91 Å². The number of rotatable bonds is 5. The highest BCUT2D eigenvalue weighted by Crippen LogP contribution is 2.31. The average Bonchev–Trinajstić information content (AvgIpc) is 3.18. The summed E-state index contributed by atoms with van der Waals surface area (Å²) < 4.78 is 5.30. The van der Waals surface area contributed by atoms with Crippen molar-refractivity contribution in [2.24, 2.45) is 0 Å². The van der Waals surface area contributed by atoms with Gasteiger partial charge in [0.1, 0.15) is 6.54 Å². The number of benzene rings is 2. The van der Waals surface area contributed by atoms with E-state index in [2.05, 4.69) is 5.32 Å². The van der Waals surface area contributed by atoms with Crippen molar-refractivity contribution in [3.63, 3.8) is 0 Å². The summed E-state index contributed by atoms with van der Waals surface area (Å²) in [6.45, 7) is 0.765. The van der Waals surface area contributed by atoms with E-state index in [1.165, 1.54) is 0 Å². The molecule has 0 radical (unpaired) electrons. The third kappa shape index (κ3) is 3.25. The molecule has 28 heavy (non-hydrogen) atoms. The largest absolute Gasteiger partial charge is 0.463 e. The van der Waals surface area contributed by atoms with Gasteiger partial charge in [-0.25, -0.2) is 0 Å². The molecule has 4 rings (SSSR count). The lowest BCUT2D eigenvalue weighted by atomic mass is 9.83. The highest BCUT2D eigenvalue weighted by Gasteiger charge is 2.31. The summed E-state index contributed by atoms with van der Waals surface area (Å²) in [6.07, 6.45) is 1.60. The lowest BCUT2D eigenvalue weighted by Gasteiger charge is -2.20. The zero-order valence-electron chi connectivity index (χ0n) is 15.3. The summed E-state index contributed by atoms with van der Waals surface area (Å²) in [4.78, 5) is 39.2. The predicted octanol–water partition coefficient (Wildman–Crippen LogP) is 1.71. The summed E-state index contributed by atoms with van der Waals surface area (Å²) in [5.74, 6) is 0.0931. The van der Waals surface area contributed by atoms with Crippen molar-refractivity contribution >= 4 is 23.2 Å². The van der Waals surface area contributed by atoms with E-state index in [1.54, 1.807) is 54.8 Å². The maximum Gasteiger partial charge on any atom is 0.279 e. The molecule has 6 nitrogen and oxygen atoms in total. The van der Waals surface area contributed by atoms with Crippen LogP contribution in [0.15, 0.2) is 65.3 Å². The topological polar surface area (TPSA) is 80.8 Å². The van der Waals surface area contributed by atoms with Gasteiger partial charge >= 0.3 is 0 Å². The van der Waals surface area contributed by atoms with Gasteiger partial charge in [-0.3, -0.25) is 14.4 Å². The van der Waals surface area contributed by atoms with Crippen molar-refractivity contribution in [1.82, 2.24) is 0 Å². The van der Waals surface area contributed by atoms with Crippen LogP contribution in [0.25, 0.3) is 0 Å². The Labute approximate surface area is 161 Å². The van der Waals surface area contributed by atoms with Crippen LogP contribution in [0.3, 0.4) is 0 Å². The van der Waals surface area contributed by atoms with E-state index in [4.69, 9.17) is 4.42 Å². The van der Waals surface area contributed by atoms with Crippen molar-refractivity contribution < 1.29 is 23.7 Å². The molecule has 140 valence electrons. The number of amides is 1. The highest BCUT2D eigenvalue weighted by atomic mass is 16.3. The first-order valence-corrected chi connectivity index (χ1v) is 8.99. The third-order valence-corrected chi connectivity index (χ3v) is 4.74. The molecule has 1 aliphatic rings. The fourth-order valence-electron chi connectivity index (χ4n) is 3.49. The molecule has 1 amide bonds. The number of fused-ring (bicyclic) bond motifs is 2. The van der Waals surface area contributed by atoms with Gasteiger partial charge in [-0.1, -0.05) is 36.4 Å². The van der Waals surface area contributed by atoms with Crippen molar-refractivity contribution in [3.8, 4) is 0 Å². The van der Waals surface area contributed by atoms with Crippen LogP contribution >= 0.6 is 0 Å². The average molecular weight is 375 g/mol. The normalized spacial score (nSPS) is 13.6. The fraction of sp³-hybridized carbons (Fsp3) is 0.136. The minimum Gasteiger partial charge on any atom is -0.463 e. The Hall–Kier alpha value is -3.51. The lowest BCUT2D eigenvalue weighted by molar-refractivity contribution is -0.886. The zero-order chi connectivity index (χ0) is 19.7. The van der Waals surface area contributed by atoms with Crippen molar-refractivity contribution in [1.29, 1.82) is 0 Å². The molecular weight excluding hydrogens is 356 g/mol. The van der Waals surface area contributed by atoms with Gasteiger partial charge < -0.3 is 14.6 Å². The molecule has 1 unspecified atom stereocenters. The molecule has 2 aromatic carbocycles. The van der Waals surface area contributed by atoms with Crippen LogP contribution in [0.2, 0.25) is 0 Å². The number of carbonyl (C=O) groups is 3. The second-order valence-electron chi connectivity index (χ2n) is 6.87. The van der Waals surface area contributed by atoms with E-state index in [0.717, 1.165) is 10.7 Å². The summed E-state index contributed by atoms with van der Waals surface area (Å²) in [5.41, 5.74) is 1.69. The maximum absolute atomic E-state index is 13.0. The maximum atomic E-state index is 13.0. The number of hydrogen-bond acceptors (Lipinski definition) is 4. The summed E-state index contributed by atoms with van der Waals surface area (Å²) in [6, 6.07) is 15.4. The van der Waals surface area contributed by atoms with E-state index < -0.39 is 0 Å². The van der Waals surface area contributed by atoms with Gasteiger partial charge in [0, 0.05) is 16.7 Å². The number of hydrogen-bond donors (Lipinski definition) is 2. The molecule has 3 aromatic rings. The van der Waals surface area contributed by atoms with Crippen LogP contribution in [-0.2, 0) is 11.3 Å². The molecule has 0 saturated heterocycles. The van der Waals surface area contributed by atoms with Gasteiger partial charge in [0.2, 0.25) is 0 Å². The molecule has 0 spiro atoms. The molecule has 1 aromatic heterocycles. The quantitative estimate of drug-likeness (QED) is 0.557. The van der Waals surface area contributed by atoms with E-state index in [1.807, 2.05) is 13.1 Å². The van der Waals surface area contributed by atoms with E-state index in [0.29, 0.717) is 28.9 Å². The Balaban J connectivity index is 1.56. The van der Waals surface area contributed by atoms with Gasteiger partial charge in [0.05, 0.1) is 24.6 Å². The summed E-state index contributed by atoms with van der Waals surface area (Å²) in [7, 11) is 1.88. The van der Waals surface area contributed by atoms with E-state index in [9.17, 15) is 14.4 Å². The molecule has 0 fully saturated rings. The Morgan fingerprint density at radius 2 is 1.64 bits per heavy atom. The van der Waals surface area contributed by atoms with Crippen molar-refractivity contribution in [2.45, 2.75) is 6.54 Å². The lowest BCUT2D eigenvalue weighted by Crippen LogP contribution is -3.08. The Morgan fingerprint density at radius 1 is 0.929 bits per heavy atom. The number of furan rings is 1. The number of carbonyl (C=O) groups excluding carboxylic acids is 3. The van der Waals surface area contributed by atoms with E-state index >= 15 is 0 Å². The molecule has 0 saturated carbocycles. The highest BCUT2D eigenvalue weighted by molar-refractivity contribution is 6.30. The first kappa shape index (κ1) is 17.9. The number of quaternary nitrogens is 1. The van der Waals surface area contributed by atoms with Gasteiger partial charge in [0.15, 0.2) is 23.9 Å². The van der Waals surface area contributed by atoms with Gasteiger partial charge in [-0.15, -0.1) is 0 Å². The third-order valence-electron chi connectivity index (χ3n) is 4.74. The van der Waals surface area contributed by atoms with Crippen LogP contribution in [0.4, 0.5) is 5.69 Å². The van der Waals surface area contributed by atoms with Crippen molar-refractivity contribution in [2.75, 3.05) is 18.9 Å². The summed E-state index contributed by atoms with van der Waals surface area (Å²) >= 11 is 0. The first-order chi connectivity index (χ1) is 13.5. The number of ketones is 2. The molecule has 1 heterocycles. The second kappa shape index (κ2) is 7.25.